The number of aromatic nitrogens is 2. The van der Waals surface area contributed by atoms with Crippen molar-refractivity contribution in [3.63, 3.8) is 0 Å². The molecule has 0 aliphatic heterocycles. The SMILES string of the molecule is CC(C)(C)C[Si](C)(C)Oc1ccc2[nH]nc(I)c2c1. The highest BCUT2D eigenvalue weighted by Gasteiger charge is 2.30. The molecule has 19 heavy (non-hydrogen) atoms. The fourth-order valence-corrected chi connectivity index (χ4v) is 6.62. The van der Waals surface area contributed by atoms with Crippen molar-refractivity contribution in [1.29, 1.82) is 0 Å². The quantitative estimate of drug-likeness (QED) is 0.606. The van der Waals surface area contributed by atoms with Crippen molar-refractivity contribution in [1.82, 2.24) is 10.2 Å². The normalized spacial score (nSPS) is 12.9. The number of benzene rings is 1. The lowest BCUT2D eigenvalue weighted by Crippen LogP contribution is -2.38. The van der Waals surface area contributed by atoms with Crippen LogP contribution in [0.4, 0.5) is 0 Å². The molecule has 1 N–H and O–H groups in total. The number of nitrogens with zero attached hydrogens (tertiary/aromatic N) is 1. The predicted octanol–water partition coefficient (Wildman–Crippen LogP) is 4.80. The van der Waals surface area contributed by atoms with E-state index in [-0.39, 0.29) is 0 Å². The van der Waals surface area contributed by atoms with Crippen LogP contribution >= 0.6 is 22.6 Å². The van der Waals surface area contributed by atoms with Gasteiger partial charge in [-0.25, -0.2) is 0 Å². The standard InChI is InChI=1S/C14H21IN2OSi/c1-14(2,3)9-19(4,5)18-10-6-7-12-11(8-10)13(15)17-16-12/h6-8H,9H2,1-5H3,(H,16,17). The number of hydrogen-bond donors (Lipinski definition) is 1. The monoisotopic (exact) mass is 388 g/mol. The maximum absolute atomic E-state index is 6.30. The van der Waals surface area contributed by atoms with Crippen molar-refractivity contribution in [2.45, 2.75) is 39.9 Å². The van der Waals surface area contributed by atoms with Gasteiger partial charge in [-0.2, -0.15) is 5.10 Å². The lowest BCUT2D eigenvalue weighted by atomic mass is 10.0. The predicted molar refractivity (Wildman–Crippen MR) is 91.2 cm³/mol. The van der Waals surface area contributed by atoms with Crippen LogP contribution in [0.1, 0.15) is 20.8 Å². The van der Waals surface area contributed by atoms with E-state index < -0.39 is 8.32 Å². The summed E-state index contributed by atoms with van der Waals surface area (Å²) in [5.74, 6) is 0.965. The summed E-state index contributed by atoms with van der Waals surface area (Å²) >= 11 is 2.24. The van der Waals surface area contributed by atoms with Crippen molar-refractivity contribution in [2.24, 2.45) is 5.41 Å². The second-order valence-corrected chi connectivity index (χ2v) is 11.9. The number of fused-ring (bicyclic) bond motifs is 1. The van der Waals surface area contributed by atoms with Crippen LogP contribution in [0.3, 0.4) is 0 Å². The Labute approximate surface area is 129 Å². The first-order chi connectivity index (χ1) is 8.66. The highest BCUT2D eigenvalue weighted by Crippen LogP contribution is 2.31. The molecule has 5 heteroatoms. The van der Waals surface area contributed by atoms with Crippen molar-refractivity contribution < 1.29 is 4.43 Å². The number of rotatable bonds is 3. The molecule has 0 amide bonds. The van der Waals surface area contributed by atoms with Gasteiger partial charge < -0.3 is 4.43 Å². The molecule has 0 saturated carbocycles. The summed E-state index contributed by atoms with van der Waals surface area (Å²) in [5.41, 5.74) is 1.37. The third-order valence-corrected chi connectivity index (χ3v) is 6.36. The summed E-state index contributed by atoms with van der Waals surface area (Å²) < 4.78 is 7.30. The topological polar surface area (TPSA) is 37.9 Å². The molecule has 0 spiro atoms. The van der Waals surface area contributed by atoms with Crippen LogP contribution < -0.4 is 4.43 Å². The first-order valence-corrected chi connectivity index (χ1v) is 10.7. The zero-order chi connectivity index (χ0) is 14.3. The van der Waals surface area contributed by atoms with E-state index in [0.717, 1.165) is 26.4 Å². The van der Waals surface area contributed by atoms with E-state index >= 15 is 0 Å². The zero-order valence-corrected chi connectivity index (χ0v) is 15.3. The van der Waals surface area contributed by atoms with Crippen LogP contribution in [0.5, 0.6) is 5.75 Å². The van der Waals surface area contributed by atoms with Gasteiger partial charge in [-0.05, 0) is 65.3 Å². The van der Waals surface area contributed by atoms with Crippen LogP contribution in [-0.2, 0) is 0 Å². The lowest BCUT2D eigenvalue weighted by molar-refractivity contribution is 0.428. The smallest absolute Gasteiger partial charge is 0.245 e. The third kappa shape index (κ3) is 3.95. The van der Waals surface area contributed by atoms with Gasteiger partial charge in [-0.15, -0.1) is 0 Å². The first kappa shape index (κ1) is 14.8. The van der Waals surface area contributed by atoms with Gasteiger partial charge in [0.2, 0.25) is 8.32 Å². The Morgan fingerprint density at radius 3 is 2.63 bits per heavy atom. The minimum Gasteiger partial charge on any atom is -0.544 e. The molecule has 3 nitrogen and oxygen atoms in total. The summed E-state index contributed by atoms with van der Waals surface area (Å²) in [6, 6.07) is 7.31. The second-order valence-electron chi connectivity index (χ2n) is 6.82. The largest absolute Gasteiger partial charge is 0.544 e. The molecule has 1 heterocycles. The summed E-state index contributed by atoms with van der Waals surface area (Å²) in [5, 5.41) is 8.36. The second kappa shape index (κ2) is 5.09. The molecular formula is C14H21IN2OSi. The van der Waals surface area contributed by atoms with Crippen LogP contribution in [0, 0.1) is 9.12 Å². The molecule has 0 saturated heterocycles. The molecule has 0 atom stereocenters. The maximum atomic E-state index is 6.30. The van der Waals surface area contributed by atoms with E-state index in [1.54, 1.807) is 0 Å². The van der Waals surface area contributed by atoms with Gasteiger partial charge in [0.15, 0.2) is 0 Å². The Balaban J connectivity index is 2.23. The summed E-state index contributed by atoms with van der Waals surface area (Å²) in [6.45, 7) is 11.4. The van der Waals surface area contributed by atoms with Crippen molar-refractivity contribution >= 4 is 41.8 Å². The highest BCUT2D eigenvalue weighted by atomic mass is 127. The minimum absolute atomic E-state index is 0.309. The van der Waals surface area contributed by atoms with Gasteiger partial charge in [0, 0.05) is 5.39 Å². The average Bonchev–Trinajstić information content (AvgIpc) is 2.56. The van der Waals surface area contributed by atoms with Crippen LogP contribution in [0.25, 0.3) is 10.9 Å². The van der Waals surface area contributed by atoms with Gasteiger partial charge >= 0.3 is 0 Å². The molecule has 0 bridgehead atoms. The number of nitrogens with one attached hydrogen (secondary N) is 1. The Kier molecular flexibility index (Phi) is 3.97. The molecule has 0 aliphatic carbocycles. The summed E-state index contributed by atoms with van der Waals surface area (Å²) in [4.78, 5) is 0. The molecule has 0 aliphatic rings. The highest BCUT2D eigenvalue weighted by molar-refractivity contribution is 14.1. The van der Waals surface area contributed by atoms with Crippen molar-refractivity contribution in [2.75, 3.05) is 0 Å². The van der Waals surface area contributed by atoms with E-state index in [1.165, 1.54) is 0 Å². The van der Waals surface area contributed by atoms with E-state index in [4.69, 9.17) is 4.43 Å². The molecule has 2 rings (SSSR count). The first-order valence-electron chi connectivity index (χ1n) is 6.49. The molecule has 104 valence electrons. The van der Waals surface area contributed by atoms with Crippen molar-refractivity contribution in [3.8, 4) is 5.75 Å². The fourth-order valence-electron chi connectivity index (χ4n) is 2.66. The molecular weight excluding hydrogens is 367 g/mol. The minimum atomic E-state index is -1.70. The Morgan fingerprint density at radius 2 is 2.00 bits per heavy atom. The Hall–Kier alpha value is -0.563. The summed E-state index contributed by atoms with van der Waals surface area (Å²) in [6.07, 6.45) is 0. The van der Waals surface area contributed by atoms with Gasteiger partial charge in [-0.3, -0.25) is 5.10 Å². The van der Waals surface area contributed by atoms with Crippen LogP contribution in [0.15, 0.2) is 18.2 Å². The fraction of sp³-hybridized carbons (Fsp3) is 0.500. The number of hydrogen-bond acceptors (Lipinski definition) is 2. The molecule has 1 aromatic heterocycles. The maximum Gasteiger partial charge on any atom is 0.245 e. The number of H-pyrrole nitrogens is 1. The van der Waals surface area contributed by atoms with Crippen LogP contribution in [-0.4, -0.2) is 18.5 Å². The third-order valence-electron chi connectivity index (χ3n) is 2.84. The van der Waals surface area contributed by atoms with Crippen molar-refractivity contribution in [3.05, 3.63) is 21.9 Å². The lowest BCUT2D eigenvalue weighted by Gasteiger charge is -2.31. The van der Waals surface area contributed by atoms with E-state index in [0.29, 0.717) is 5.41 Å². The molecule has 0 unspecified atom stereocenters. The number of aromatic amines is 1. The number of halogens is 1. The van der Waals surface area contributed by atoms with Crippen LogP contribution in [0.2, 0.25) is 19.1 Å². The molecule has 2 aromatic rings. The van der Waals surface area contributed by atoms with Gasteiger partial charge in [-0.1, -0.05) is 20.8 Å². The average molecular weight is 388 g/mol. The molecule has 0 radical (unpaired) electrons. The molecule has 0 fully saturated rings. The van der Waals surface area contributed by atoms with E-state index in [1.807, 2.05) is 12.1 Å². The zero-order valence-electron chi connectivity index (χ0n) is 12.2. The van der Waals surface area contributed by atoms with Gasteiger partial charge in [0.05, 0.1) is 5.52 Å². The summed E-state index contributed by atoms with van der Waals surface area (Å²) in [7, 11) is -1.70. The molecule has 1 aromatic carbocycles. The Morgan fingerprint density at radius 1 is 1.32 bits per heavy atom. The van der Waals surface area contributed by atoms with E-state index in [9.17, 15) is 0 Å². The van der Waals surface area contributed by atoms with E-state index in [2.05, 4.69) is 72.7 Å². The van der Waals surface area contributed by atoms with Gasteiger partial charge in [0.25, 0.3) is 0 Å². The van der Waals surface area contributed by atoms with Gasteiger partial charge in [0.1, 0.15) is 9.45 Å². The Bertz CT molecular complexity index is 587.